The smallest absolute Gasteiger partial charge is 0.264 e. The van der Waals surface area contributed by atoms with Gasteiger partial charge in [-0.25, -0.2) is 8.42 Å². The lowest BCUT2D eigenvalue weighted by Gasteiger charge is -2.34. The molecule has 0 aliphatic rings. The largest absolute Gasteiger partial charge is 0.497 e. The van der Waals surface area contributed by atoms with E-state index in [-0.39, 0.29) is 34.8 Å². The molecule has 0 heterocycles. The maximum Gasteiger partial charge on any atom is 0.264 e. The van der Waals surface area contributed by atoms with Gasteiger partial charge in [0.05, 0.1) is 24.8 Å². The van der Waals surface area contributed by atoms with Gasteiger partial charge in [-0.2, -0.15) is 0 Å². The summed E-state index contributed by atoms with van der Waals surface area (Å²) in [6.45, 7) is 5.06. The third-order valence-corrected chi connectivity index (χ3v) is 8.05. The Bertz CT molecular complexity index is 1380. The first-order valence-electron chi connectivity index (χ1n) is 13.1. The molecule has 1 N–H and O–H groups in total. The molecule has 0 aliphatic carbocycles. The third kappa shape index (κ3) is 7.32. The highest BCUT2D eigenvalue weighted by Gasteiger charge is 2.35. The molecule has 0 bridgehead atoms. The summed E-state index contributed by atoms with van der Waals surface area (Å²) >= 11 is 0. The summed E-state index contributed by atoms with van der Waals surface area (Å²) in [7, 11) is -1.35. The van der Waals surface area contributed by atoms with E-state index in [1.54, 1.807) is 30.3 Å². The molecule has 0 unspecified atom stereocenters. The van der Waals surface area contributed by atoms with Crippen LogP contribution in [0.15, 0.2) is 83.8 Å². The van der Waals surface area contributed by atoms with Crippen LogP contribution in [0.2, 0.25) is 0 Å². The summed E-state index contributed by atoms with van der Waals surface area (Å²) < 4.78 is 39.9. The van der Waals surface area contributed by atoms with Crippen LogP contribution >= 0.6 is 0 Å². The maximum absolute atomic E-state index is 14.1. The van der Waals surface area contributed by atoms with E-state index < -0.39 is 28.5 Å². The van der Waals surface area contributed by atoms with Crippen molar-refractivity contribution >= 4 is 27.5 Å². The second-order valence-electron chi connectivity index (χ2n) is 9.46. The van der Waals surface area contributed by atoms with E-state index in [0.717, 1.165) is 9.87 Å². The van der Waals surface area contributed by atoms with Gasteiger partial charge in [0.1, 0.15) is 24.1 Å². The first-order chi connectivity index (χ1) is 19.1. The summed E-state index contributed by atoms with van der Waals surface area (Å²) in [5, 5.41) is 2.89. The molecule has 2 amide bonds. The summed E-state index contributed by atoms with van der Waals surface area (Å²) in [6.07, 6.45) is 0.338. The number of anilines is 1. The van der Waals surface area contributed by atoms with E-state index in [1.807, 2.05) is 51.1 Å². The zero-order valence-corrected chi connectivity index (χ0v) is 24.4. The summed E-state index contributed by atoms with van der Waals surface area (Å²) in [5.74, 6) is -0.218. The molecule has 0 fully saturated rings. The minimum atomic E-state index is -4.24. The van der Waals surface area contributed by atoms with Gasteiger partial charge < -0.3 is 19.7 Å². The number of carbonyl (C=O) groups excluding carboxylic acids is 2. The Balaban J connectivity index is 2.13. The molecular formula is C30H37N3O6S. The Hall–Kier alpha value is -4.05. The van der Waals surface area contributed by atoms with Gasteiger partial charge in [-0.15, -0.1) is 0 Å². The third-order valence-electron chi connectivity index (χ3n) is 6.28. The lowest BCUT2D eigenvalue weighted by Crippen LogP contribution is -2.53. The lowest BCUT2D eigenvalue weighted by molar-refractivity contribution is -0.140. The summed E-state index contributed by atoms with van der Waals surface area (Å²) in [6, 6.07) is 20.9. The number of methoxy groups -OCH3 is 2. The molecule has 0 saturated carbocycles. The van der Waals surface area contributed by atoms with Crippen LogP contribution in [0.3, 0.4) is 0 Å². The molecule has 0 aromatic heterocycles. The fourth-order valence-corrected chi connectivity index (χ4v) is 5.74. The SMILES string of the molecule is CC[C@H](C(=O)NC(C)C)N(Cc1ccccc1)C(=O)CN(c1cc(OC)ccc1OC)S(=O)(=O)c1ccccc1. The number of rotatable bonds is 13. The van der Waals surface area contributed by atoms with Gasteiger partial charge in [0.2, 0.25) is 11.8 Å². The molecule has 10 heteroatoms. The Morgan fingerprint density at radius 1 is 0.900 bits per heavy atom. The van der Waals surface area contributed by atoms with Crippen LogP contribution in [0.5, 0.6) is 11.5 Å². The average Bonchev–Trinajstić information content (AvgIpc) is 2.95. The van der Waals surface area contributed by atoms with Crippen LogP contribution in [0.25, 0.3) is 0 Å². The molecule has 3 aromatic carbocycles. The Labute approximate surface area is 236 Å². The van der Waals surface area contributed by atoms with Gasteiger partial charge in [-0.05, 0) is 50.1 Å². The van der Waals surface area contributed by atoms with Crippen molar-refractivity contribution < 1.29 is 27.5 Å². The number of hydrogen-bond acceptors (Lipinski definition) is 6. The van der Waals surface area contributed by atoms with Crippen molar-refractivity contribution in [3.63, 3.8) is 0 Å². The highest BCUT2D eigenvalue weighted by Crippen LogP contribution is 2.36. The van der Waals surface area contributed by atoms with Crippen molar-refractivity contribution in [1.82, 2.24) is 10.2 Å². The Morgan fingerprint density at radius 3 is 2.08 bits per heavy atom. The Morgan fingerprint density at radius 2 is 1.52 bits per heavy atom. The van der Waals surface area contributed by atoms with Crippen molar-refractivity contribution in [2.24, 2.45) is 0 Å². The van der Waals surface area contributed by atoms with Crippen LogP contribution < -0.4 is 19.1 Å². The monoisotopic (exact) mass is 567 g/mol. The average molecular weight is 568 g/mol. The minimum absolute atomic E-state index is 0.00637. The van der Waals surface area contributed by atoms with E-state index in [2.05, 4.69) is 5.32 Å². The standard InChI is InChI=1S/C30H37N3O6S/c1-6-26(30(35)31-22(2)3)32(20-23-13-9-7-10-14-23)29(34)21-33(40(36,37)25-15-11-8-12-16-25)27-19-24(38-4)17-18-28(27)39-5/h7-19,22,26H,6,20-21H2,1-5H3,(H,31,35)/t26-/m1/s1. The molecule has 3 aromatic rings. The van der Waals surface area contributed by atoms with E-state index >= 15 is 0 Å². The number of hydrogen-bond donors (Lipinski definition) is 1. The zero-order valence-electron chi connectivity index (χ0n) is 23.5. The van der Waals surface area contributed by atoms with Crippen LogP contribution in [-0.2, 0) is 26.2 Å². The molecule has 0 aliphatic heterocycles. The number of ether oxygens (including phenoxy) is 2. The van der Waals surface area contributed by atoms with Gasteiger partial charge >= 0.3 is 0 Å². The second-order valence-corrected chi connectivity index (χ2v) is 11.3. The summed E-state index contributed by atoms with van der Waals surface area (Å²) in [5.41, 5.74) is 0.946. The van der Waals surface area contributed by atoms with Crippen molar-refractivity contribution in [2.45, 2.75) is 50.7 Å². The zero-order chi connectivity index (χ0) is 29.3. The van der Waals surface area contributed by atoms with Crippen molar-refractivity contribution in [1.29, 1.82) is 0 Å². The highest BCUT2D eigenvalue weighted by molar-refractivity contribution is 7.92. The number of carbonyl (C=O) groups is 2. The molecule has 0 spiro atoms. The van der Waals surface area contributed by atoms with Crippen molar-refractivity contribution in [3.8, 4) is 11.5 Å². The molecular weight excluding hydrogens is 530 g/mol. The van der Waals surface area contributed by atoms with Crippen LogP contribution in [0.1, 0.15) is 32.8 Å². The van der Waals surface area contributed by atoms with Gasteiger partial charge in [0.25, 0.3) is 10.0 Å². The molecule has 0 radical (unpaired) electrons. The molecule has 40 heavy (non-hydrogen) atoms. The van der Waals surface area contributed by atoms with E-state index in [0.29, 0.717) is 12.2 Å². The first kappa shape index (κ1) is 30.5. The minimum Gasteiger partial charge on any atom is -0.497 e. The topological polar surface area (TPSA) is 105 Å². The van der Waals surface area contributed by atoms with Gasteiger partial charge in [0.15, 0.2) is 0 Å². The molecule has 214 valence electrons. The number of benzene rings is 3. The van der Waals surface area contributed by atoms with Gasteiger partial charge in [-0.3, -0.25) is 13.9 Å². The van der Waals surface area contributed by atoms with E-state index in [4.69, 9.17) is 9.47 Å². The number of nitrogens with one attached hydrogen (secondary N) is 1. The molecule has 0 saturated heterocycles. The molecule has 1 atom stereocenters. The van der Waals surface area contributed by atoms with Crippen molar-refractivity contribution in [3.05, 3.63) is 84.4 Å². The Kier molecular flexibility index (Phi) is 10.6. The highest BCUT2D eigenvalue weighted by atomic mass is 32.2. The van der Waals surface area contributed by atoms with E-state index in [1.165, 1.54) is 37.3 Å². The quantitative estimate of drug-likeness (QED) is 0.332. The number of sulfonamides is 1. The fraction of sp³-hybridized carbons (Fsp3) is 0.333. The fourth-order valence-electron chi connectivity index (χ4n) is 4.31. The lowest BCUT2D eigenvalue weighted by atomic mass is 10.1. The van der Waals surface area contributed by atoms with Gasteiger partial charge in [0, 0.05) is 18.7 Å². The van der Waals surface area contributed by atoms with Crippen LogP contribution in [0, 0.1) is 0 Å². The number of nitrogens with zero attached hydrogens (tertiary/aromatic N) is 2. The van der Waals surface area contributed by atoms with Crippen LogP contribution in [0.4, 0.5) is 5.69 Å². The summed E-state index contributed by atoms with van der Waals surface area (Å²) in [4.78, 5) is 28.8. The number of amides is 2. The first-order valence-corrected chi connectivity index (χ1v) is 14.5. The van der Waals surface area contributed by atoms with E-state index in [9.17, 15) is 18.0 Å². The second kappa shape index (κ2) is 13.8. The normalized spacial score (nSPS) is 11.9. The van der Waals surface area contributed by atoms with Crippen molar-refractivity contribution in [2.75, 3.05) is 25.1 Å². The maximum atomic E-state index is 14.1. The van der Waals surface area contributed by atoms with Crippen LogP contribution in [-0.4, -0.2) is 58.0 Å². The van der Waals surface area contributed by atoms with Gasteiger partial charge in [-0.1, -0.05) is 55.5 Å². The molecule has 9 nitrogen and oxygen atoms in total. The predicted octanol–water partition coefficient (Wildman–Crippen LogP) is 4.23. The molecule has 3 rings (SSSR count). The predicted molar refractivity (Wildman–Crippen MR) is 155 cm³/mol.